The molecule has 3 aromatic rings. The monoisotopic (exact) mass is 459 g/mol. The molecule has 2 aliphatic rings. The van der Waals surface area contributed by atoms with Crippen LogP contribution in [0.3, 0.4) is 0 Å². The van der Waals surface area contributed by atoms with E-state index in [1.165, 1.54) is 4.58 Å². The second-order valence-electron chi connectivity index (χ2n) is 8.66. The van der Waals surface area contributed by atoms with Gasteiger partial charge < -0.3 is 20.2 Å². The molecule has 0 saturated carbocycles. The molecule has 34 heavy (non-hydrogen) atoms. The van der Waals surface area contributed by atoms with Crippen molar-refractivity contribution in [3.63, 3.8) is 0 Å². The molecule has 0 bridgehead atoms. The fourth-order valence-electron chi connectivity index (χ4n) is 4.26. The smallest absolute Gasteiger partial charge is 0.375 e. The van der Waals surface area contributed by atoms with Crippen LogP contribution in [0, 0.1) is 0 Å². The van der Waals surface area contributed by atoms with Crippen LogP contribution in [0.2, 0.25) is 0 Å². The number of hydrogen-bond donors (Lipinski definition) is 3. The van der Waals surface area contributed by atoms with Crippen LogP contribution in [0.5, 0.6) is 0 Å². The Balaban J connectivity index is 1.26. The lowest BCUT2D eigenvalue weighted by atomic mass is 10.1. The summed E-state index contributed by atoms with van der Waals surface area (Å²) in [6, 6.07) is 16.3. The first-order chi connectivity index (χ1) is 16.5. The lowest BCUT2D eigenvalue weighted by Crippen LogP contribution is -2.44. The summed E-state index contributed by atoms with van der Waals surface area (Å²) in [5.41, 5.74) is 3.50. The SMILES string of the molecule is CN1CCN(c2ccc(C(=O)Nc3n[nH]c4c3C=[N+](C(=O)[C@H](O)c3ccccc3)C4)cc2)CC1. The van der Waals surface area contributed by atoms with Gasteiger partial charge in [0.1, 0.15) is 11.3 Å². The Morgan fingerprint density at radius 2 is 1.76 bits per heavy atom. The van der Waals surface area contributed by atoms with E-state index in [2.05, 4.69) is 32.4 Å². The lowest BCUT2D eigenvalue weighted by molar-refractivity contribution is -0.462. The van der Waals surface area contributed by atoms with Crippen molar-refractivity contribution >= 4 is 29.5 Å². The van der Waals surface area contributed by atoms with Crippen molar-refractivity contribution in [1.82, 2.24) is 15.1 Å². The zero-order valence-electron chi connectivity index (χ0n) is 18.9. The van der Waals surface area contributed by atoms with Gasteiger partial charge in [-0.3, -0.25) is 9.89 Å². The van der Waals surface area contributed by atoms with E-state index in [9.17, 15) is 14.7 Å². The fraction of sp³-hybridized carbons (Fsp3) is 0.280. The number of likely N-dealkylation sites (N-methyl/N-ethyl adjacent to an activating group) is 1. The Kier molecular flexibility index (Phi) is 5.95. The highest BCUT2D eigenvalue weighted by Crippen LogP contribution is 2.24. The first-order valence-corrected chi connectivity index (χ1v) is 11.3. The Morgan fingerprint density at radius 3 is 2.47 bits per heavy atom. The third kappa shape index (κ3) is 4.35. The summed E-state index contributed by atoms with van der Waals surface area (Å²) >= 11 is 0. The number of rotatable bonds is 5. The molecule has 0 spiro atoms. The van der Waals surface area contributed by atoms with Gasteiger partial charge in [-0.05, 0) is 36.9 Å². The van der Waals surface area contributed by atoms with Crippen LogP contribution in [-0.4, -0.2) is 76.0 Å². The lowest BCUT2D eigenvalue weighted by Gasteiger charge is -2.34. The number of fused-ring (bicyclic) bond motifs is 1. The number of nitrogens with zero attached hydrogens (tertiary/aromatic N) is 4. The summed E-state index contributed by atoms with van der Waals surface area (Å²) < 4.78 is 1.43. The number of benzene rings is 2. The molecule has 9 nitrogen and oxygen atoms in total. The molecule has 3 N–H and O–H groups in total. The van der Waals surface area contributed by atoms with Crippen LogP contribution in [0.1, 0.15) is 33.3 Å². The summed E-state index contributed by atoms with van der Waals surface area (Å²) in [6.07, 6.45) is 0.352. The van der Waals surface area contributed by atoms with E-state index in [-0.39, 0.29) is 12.5 Å². The van der Waals surface area contributed by atoms with Crippen molar-refractivity contribution in [1.29, 1.82) is 0 Å². The number of amides is 2. The number of nitrogens with one attached hydrogen (secondary N) is 2. The average molecular weight is 460 g/mol. The summed E-state index contributed by atoms with van der Waals surface area (Å²) in [7, 11) is 2.12. The van der Waals surface area contributed by atoms with Crippen LogP contribution in [0.15, 0.2) is 54.6 Å². The molecule has 0 aliphatic carbocycles. The van der Waals surface area contributed by atoms with Crippen LogP contribution in [0.25, 0.3) is 0 Å². The van der Waals surface area contributed by atoms with E-state index in [1.807, 2.05) is 30.3 Å². The van der Waals surface area contributed by atoms with Crippen LogP contribution < -0.4 is 10.2 Å². The number of H-pyrrole nitrogens is 1. The molecular formula is C25H27N6O3+. The van der Waals surface area contributed by atoms with Gasteiger partial charge in [-0.2, -0.15) is 9.67 Å². The molecule has 3 heterocycles. The molecule has 0 unspecified atom stereocenters. The molecule has 1 saturated heterocycles. The highest BCUT2D eigenvalue weighted by molar-refractivity contribution is 6.06. The number of piperazine rings is 1. The highest BCUT2D eigenvalue weighted by Gasteiger charge is 2.35. The van der Waals surface area contributed by atoms with E-state index >= 15 is 0 Å². The predicted octanol–water partition coefficient (Wildman–Crippen LogP) is 1.62. The molecule has 1 fully saturated rings. The van der Waals surface area contributed by atoms with Gasteiger partial charge in [0, 0.05) is 37.4 Å². The Hall–Kier alpha value is -3.82. The van der Waals surface area contributed by atoms with Crippen molar-refractivity contribution in [2.75, 3.05) is 43.4 Å². The first-order valence-electron chi connectivity index (χ1n) is 11.3. The van der Waals surface area contributed by atoms with E-state index in [0.717, 1.165) is 31.9 Å². The topological polar surface area (TPSA) is 105 Å². The maximum absolute atomic E-state index is 12.8. The number of carbonyl (C=O) groups is 2. The van der Waals surface area contributed by atoms with Crippen molar-refractivity contribution in [3.8, 4) is 0 Å². The number of aliphatic hydroxyl groups is 1. The van der Waals surface area contributed by atoms with Gasteiger partial charge in [-0.15, -0.1) is 0 Å². The number of aliphatic hydroxyl groups excluding tert-OH is 1. The van der Waals surface area contributed by atoms with Crippen molar-refractivity contribution in [2.45, 2.75) is 12.6 Å². The van der Waals surface area contributed by atoms with Gasteiger partial charge in [0.2, 0.25) is 6.10 Å². The second-order valence-corrected chi connectivity index (χ2v) is 8.66. The normalized spacial score (nSPS) is 16.6. The molecule has 1 aromatic heterocycles. The third-order valence-corrected chi connectivity index (χ3v) is 6.36. The van der Waals surface area contributed by atoms with E-state index in [1.54, 1.807) is 30.5 Å². The van der Waals surface area contributed by atoms with Gasteiger partial charge >= 0.3 is 5.91 Å². The molecule has 9 heteroatoms. The zero-order valence-corrected chi connectivity index (χ0v) is 18.9. The molecule has 2 aromatic carbocycles. The van der Waals surface area contributed by atoms with Gasteiger partial charge in [0.15, 0.2) is 18.6 Å². The Labute approximate surface area is 197 Å². The molecule has 0 radical (unpaired) electrons. The predicted molar refractivity (Wildman–Crippen MR) is 128 cm³/mol. The molecule has 5 rings (SSSR count). The van der Waals surface area contributed by atoms with Crippen LogP contribution >= 0.6 is 0 Å². The fourth-order valence-corrected chi connectivity index (χ4v) is 4.26. The standard InChI is InChI=1S/C25H26N6O3/c1-29-11-13-30(14-12-29)19-9-7-18(8-10-19)24(33)26-23-20-15-31(16-21(20)27-28-23)25(34)22(32)17-5-3-2-4-6-17/h2-10,15,22,32H,11-14,16H2,1H3,(H,26,28,33)/p+1/t22-/m1/s1. The van der Waals surface area contributed by atoms with E-state index in [0.29, 0.717) is 28.2 Å². The van der Waals surface area contributed by atoms with Crippen molar-refractivity contribution in [3.05, 3.63) is 77.0 Å². The zero-order chi connectivity index (χ0) is 23.7. The highest BCUT2D eigenvalue weighted by atomic mass is 16.3. The Morgan fingerprint density at radius 1 is 1.06 bits per heavy atom. The van der Waals surface area contributed by atoms with Gasteiger partial charge in [0.05, 0.1) is 0 Å². The summed E-state index contributed by atoms with van der Waals surface area (Å²) in [5.74, 6) is -0.359. The largest absolute Gasteiger partial charge is 0.420 e. The minimum atomic E-state index is -1.26. The summed E-state index contributed by atoms with van der Waals surface area (Å²) in [5, 5.41) is 20.4. The molecule has 2 aliphatic heterocycles. The van der Waals surface area contributed by atoms with Crippen LogP contribution in [-0.2, 0) is 11.3 Å². The molecular weight excluding hydrogens is 432 g/mol. The van der Waals surface area contributed by atoms with Gasteiger partial charge in [-0.25, -0.2) is 4.79 Å². The van der Waals surface area contributed by atoms with Gasteiger partial charge in [-0.1, -0.05) is 30.3 Å². The van der Waals surface area contributed by atoms with E-state index < -0.39 is 12.0 Å². The second kappa shape index (κ2) is 9.20. The van der Waals surface area contributed by atoms with Crippen LogP contribution in [0.4, 0.5) is 11.5 Å². The minimum absolute atomic E-state index is 0.251. The summed E-state index contributed by atoms with van der Waals surface area (Å²) in [4.78, 5) is 30.2. The minimum Gasteiger partial charge on any atom is -0.375 e. The van der Waals surface area contributed by atoms with Gasteiger partial charge in [0.25, 0.3) is 5.91 Å². The number of hydrogen-bond acceptors (Lipinski definition) is 6. The van der Waals surface area contributed by atoms with E-state index in [4.69, 9.17) is 0 Å². The number of anilines is 2. The summed E-state index contributed by atoms with van der Waals surface area (Å²) in [6.45, 7) is 4.22. The average Bonchev–Trinajstić information content (AvgIpc) is 3.46. The van der Waals surface area contributed by atoms with Crippen molar-refractivity contribution < 1.29 is 19.3 Å². The maximum Gasteiger partial charge on any atom is 0.420 e. The quantitative estimate of drug-likeness (QED) is 0.501. The molecule has 2 amide bonds. The number of aromatic amines is 1. The molecule has 1 atom stereocenters. The van der Waals surface area contributed by atoms with Crippen molar-refractivity contribution in [2.24, 2.45) is 0 Å². The molecule has 174 valence electrons. The Bertz CT molecular complexity index is 1230. The first kappa shape index (κ1) is 22.0. The third-order valence-electron chi connectivity index (χ3n) is 6.36. The maximum atomic E-state index is 12.8. The number of carbonyl (C=O) groups excluding carboxylic acids is 2. The number of aromatic nitrogens is 2.